The summed E-state index contributed by atoms with van der Waals surface area (Å²) < 4.78 is 5.17. The van der Waals surface area contributed by atoms with Crippen molar-refractivity contribution in [1.82, 2.24) is 0 Å². The van der Waals surface area contributed by atoms with Gasteiger partial charge in [-0.1, -0.05) is 12.1 Å². The van der Waals surface area contributed by atoms with Crippen molar-refractivity contribution in [3.8, 4) is 5.75 Å². The van der Waals surface area contributed by atoms with Gasteiger partial charge in [-0.3, -0.25) is 0 Å². The number of rotatable bonds is 2. The average molecular weight is 152 g/mol. The van der Waals surface area contributed by atoms with Gasteiger partial charge in [0.15, 0.2) is 0 Å². The molecule has 0 fully saturated rings. The summed E-state index contributed by atoms with van der Waals surface area (Å²) in [4.78, 5) is 0. The van der Waals surface area contributed by atoms with Crippen LogP contribution in [-0.4, -0.2) is 7.11 Å². The highest BCUT2D eigenvalue weighted by atomic mass is 16.5. The van der Waals surface area contributed by atoms with E-state index in [9.17, 15) is 0 Å². The number of para-hydroxylation sites is 1. The Morgan fingerprint density at radius 3 is 2.45 bits per heavy atom. The number of ether oxygens (including phenoxy) is 1. The van der Waals surface area contributed by atoms with Gasteiger partial charge in [-0.25, -0.2) is 0 Å². The fourth-order valence-corrected chi connectivity index (χ4v) is 1.07. The second kappa shape index (κ2) is 3.39. The maximum absolute atomic E-state index is 5.17. The third kappa shape index (κ3) is 1.71. The van der Waals surface area contributed by atoms with E-state index in [0.717, 1.165) is 11.3 Å². The highest BCUT2D eigenvalue weighted by molar-refractivity contribution is 5.34. The summed E-state index contributed by atoms with van der Waals surface area (Å²) in [6, 6.07) is 8.24. The quantitative estimate of drug-likeness (QED) is 0.674. The van der Waals surface area contributed by atoms with Crippen molar-refractivity contribution in [2.75, 3.05) is 7.11 Å². The summed E-state index contributed by atoms with van der Waals surface area (Å²) in [6.45, 7) is 2.05. The molecule has 0 spiro atoms. The number of benzene rings is 1. The monoisotopic (exact) mass is 152 g/mol. The van der Waals surface area contributed by atoms with E-state index in [-0.39, 0.29) is 6.04 Å². The van der Waals surface area contributed by atoms with E-state index in [2.05, 4.69) is 12.7 Å². The molecule has 0 aliphatic carbocycles. The molecule has 0 aromatic heterocycles. The predicted octanol–water partition coefficient (Wildman–Crippen LogP) is 0.998. The Bertz CT molecular complexity index is 233. The van der Waals surface area contributed by atoms with Crippen molar-refractivity contribution in [2.24, 2.45) is 0 Å². The third-order valence-electron chi connectivity index (χ3n) is 1.67. The van der Waals surface area contributed by atoms with Gasteiger partial charge in [0.25, 0.3) is 0 Å². The molecule has 0 aliphatic heterocycles. The summed E-state index contributed by atoms with van der Waals surface area (Å²) >= 11 is 0. The lowest BCUT2D eigenvalue weighted by Crippen LogP contribution is -2.51. The Labute approximate surface area is 67.0 Å². The van der Waals surface area contributed by atoms with Crippen molar-refractivity contribution in [3.05, 3.63) is 29.8 Å². The number of methoxy groups -OCH3 is 1. The minimum atomic E-state index is 0.283. The van der Waals surface area contributed by atoms with Crippen LogP contribution in [0.5, 0.6) is 5.75 Å². The number of hydrogen-bond donors (Lipinski definition) is 1. The molecule has 0 amide bonds. The Morgan fingerprint density at radius 2 is 2.00 bits per heavy atom. The zero-order valence-corrected chi connectivity index (χ0v) is 7.00. The summed E-state index contributed by atoms with van der Waals surface area (Å²) in [5.41, 5.74) is 5.10. The summed E-state index contributed by atoms with van der Waals surface area (Å²) in [6.07, 6.45) is 0. The molecule has 0 bridgehead atoms. The molecule has 0 aliphatic rings. The lowest BCUT2D eigenvalue weighted by atomic mass is 10.1. The topological polar surface area (TPSA) is 36.9 Å². The van der Waals surface area contributed by atoms with Gasteiger partial charge in [0.05, 0.1) is 12.7 Å². The van der Waals surface area contributed by atoms with E-state index in [1.165, 1.54) is 0 Å². The van der Waals surface area contributed by atoms with Crippen LogP contribution in [0.3, 0.4) is 0 Å². The summed E-state index contributed by atoms with van der Waals surface area (Å²) in [5.74, 6) is 0.926. The molecule has 0 heterocycles. The standard InChI is InChI=1S/C9H13NO/c1-7(10)8-5-3-4-6-9(8)11-2/h3-7H,10H2,1-2H3/p+1/t7-/m1/s1. The van der Waals surface area contributed by atoms with Crippen molar-refractivity contribution in [2.45, 2.75) is 13.0 Å². The van der Waals surface area contributed by atoms with E-state index < -0.39 is 0 Å². The Balaban J connectivity index is 3.02. The highest BCUT2D eigenvalue weighted by Gasteiger charge is 2.07. The predicted molar refractivity (Wildman–Crippen MR) is 44.3 cm³/mol. The highest BCUT2D eigenvalue weighted by Crippen LogP contribution is 2.21. The zero-order chi connectivity index (χ0) is 8.27. The third-order valence-corrected chi connectivity index (χ3v) is 1.67. The first kappa shape index (κ1) is 8.08. The fraction of sp³-hybridized carbons (Fsp3) is 0.333. The van der Waals surface area contributed by atoms with Gasteiger partial charge in [-0.15, -0.1) is 0 Å². The molecule has 0 unspecified atom stereocenters. The molecule has 0 radical (unpaired) electrons. The lowest BCUT2D eigenvalue weighted by Gasteiger charge is -2.07. The van der Waals surface area contributed by atoms with Crippen LogP contribution in [0.2, 0.25) is 0 Å². The molecule has 0 saturated carbocycles. The Kier molecular flexibility index (Phi) is 2.49. The largest absolute Gasteiger partial charge is 0.496 e. The van der Waals surface area contributed by atoms with Crippen LogP contribution in [0.1, 0.15) is 18.5 Å². The van der Waals surface area contributed by atoms with E-state index in [1.807, 2.05) is 24.3 Å². The zero-order valence-electron chi connectivity index (χ0n) is 7.00. The van der Waals surface area contributed by atoms with E-state index >= 15 is 0 Å². The van der Waals surface area contributed by atoms with Gasteiger partial charge in [-0.2, -0.15) is 0 Å². The van der Waals surface area contributed by atoms with Crippen LogP contribution >= 0.6 is 0 Å². The molecule has 1 rings (SSSR count). The second-order valence-electron chi connectivity index (χ2n) is 2.64. The van der Waals surface area contributed by atoms with Crippen LogP contribution in [0.25, 0.3) is 0 Å². The molecule has 60 valence electrons. The van der Waals surface area contributed by atoms with Gasteiger partial charge >= 0.3 is 0 Å². The maximum Gasteiger partial charge on any atom is 0.127 e. The first-order valence-corrected chi connectivity index (χ1v) is 3.71. The van der Waals surface area contributed by atoms with Crippen molar-refractivity contribution in [1.29, 1.82) is 0 Å². The van der Waals surface area contributed by atoms with Gasteiger partial charge in [0.1, 0.15) is 11.8 Å². The Hall–Kier alpha value is -1.02. The summed E-state index contributed by atoms with van der Waals surface area (Å²) in [5, 5.41) is 0. The van der Waals surface area contributed by atoms with Gasteiger partial charge in [-0.05, 0) is 19.1 Å². The van der Waals surface area contributed by atoms with Gasteiger partial charge in [0.2, 0.25) is 0 Å². The Morgan fingerprint density at radius 1 is 1.36 bits per heavy atom. The van der Waals surface area contributed by atoms with Crippen molar-refractivity contribution < 1.29 is 10.5 Å². The van der Waals surface area contributed by atoms with Crippen LogP contribution < -0.4 is 10.5 Å². The SMILES string of the molecule is COc1ccccc1[C@@H](C)[NH3+]. The molecule has 2 nitrogen and oxygen atoms in total. The minimum Gasteiger partial charge on any atom is -0.496 e. The molecule has 0 saturated heterocycles. The minimum absolute atomic E-state index is 0.283. The van der Waals surface area contributed by atoms with Crippen molar-refractivity contribution >= 4 is 0 Å². The second-order valence-corrected chi connectivity index (χ2v) is 2.64. The van der Waals surface area contributed by atoms with E-state index in [4.69, 9.17) is 4.74 Å². The van der Waals surface area contributed by atoms with E-state index in [1.54, 1.807) is 7.11 Å². The maximum atomic E-state index is 5.17. The first-order valence-electron chi connectivity index (χ1n) is 3.71. The molecule has 1 atom stereocenters. The van der Waals surface area contributed by atoms with Crippen LogP contribution in [0, 0.1) is 0 Å². The van der Waals surface area contributed by atoms with E-state index in [0.29, 0.717) is 0 Å². The first-order chi connectivity index (χ1) is 5.25. The molecule has 11 heavy (non-hydrogen) atoms. The lowest BCUT2D eigenvalue weighted by molar-refractivity contribution is -0.420. The fourth-order valence-electron chi connectivity index (χ4n) is 1.07. The number of quaternary nitrogens is 1. The van der Waals surface area contributed by atoms with Crippen molar-refractivity contribution in [3.63, 3.8) is 0 Å². The molecule has 2 heteroatoms. The normalized spacial score (nSPS) is 12.6. The molecular weight excluding hydrogens is 138 g/mol. The number of hydrogen-bond acceptors (Lipinski definition) is 1. The molecule has 1 aromatic carbocycles. The van der Waals surface area contributed by atoms with Gasteiger partial charge < -0.3 is 10.5 Å². The average Bonchev–Trinajstić information content (AvgIpc) is 2.04. The van der Waals surface area contributed by atoms with Crippen LogP contribution in [0.4, 0.5) is 0 Å². The molecular formula is C9H14NO+. The molecule has 3 N–H and O–H groups in total. The van der Waals surface area contributed by atoms with Crippen LogP contribution in [-0.2, 0) is 0 Å². The van der Waals surface area contributed by atoms with Crippen LogP contribution in [0.15, 0.2) is 24.3 Å². The molecule has 1 aromatic rings. The van der Waals surface area contributed by atoms with Gasteiger partial charge in [0, 0.05) is 0 Å². The smallest absolute Gasteiger partial charge is 0.127 e. The summed E-state index contributed by atoms with van der Waals surface area (Å²) in [7, 11) is 1.68.